The molecule has 248 valence electrons. The van der Waals surface area contributed by atoms with E-state index in [1.165, 1.54) is 66.9 Å². The van der Waals surface area contributed by atoms with Gasteiger partial charge in [-0.05, 0) is 132 Å². The van der Waals surface area contributed by atoms with Crippen LogP contribution in [-0.4, -0.2) is 7.11 Å². The maximum atomic E-state index is 14.2. The van der Waals surface area contributed by atoms with Crippen LogP contribution in [0.15, 0.2) is 188 Å². The second-order valence-electron chi connectivity index (χ2n) is 13.0. The molecule has 0 unspecified atom stereocenters. The smallest absolute Gasteiger partial charge is 0.123 e. The second kappa shape index (κ2) is 13.2. The summed E-state index contributed by atoms with van der Waals surface area (Å²) in [5, 5.41) is 7.11. The number of benzene rings is 9. The molecule has 0 radical (unpaired) electrons. The minimum absolute atomic E-state index is 0.272. The van der Waals surface area contributed by atoms with Crippen molar-refractivity contribution < 1.29 is 9.13 Å². The predicted octanol–water partition coefficient (Wildman–Crippen LogP) is 13.8. The molecule has 9 aromatic carbocycles. The molecule has 0 aliphatic carbocycles. The third-order valence-corrected chi connectivity index (χ3v) is 9.99. The van der Waals surface area contributed by atoms with Gasteiger partial charge in [-0.1, -0.05) is 121 Å². The average molecular weight is 672 g/mol. The number of halogens is 1. The first-order valence-corrected chi connectivity index (χ1v) is 17.5. The Kier molecular flexibility index (Phi) is 7.94. The summed E-state index contributed by atoms with van der Waals surface area (Å²) in [4.78, 5) is 2.17. The van der Waals surface area contributed by atoms with E-state index in [1.54, 1.807) is 7.11 Å². The topological polar surface area (TPSA) is 12.5 Å². The highest BCUT2D eigenvalue weighted by Gasteiger charge is 2.22. The highest BCUT2D eigenvalue weighted by atomic mass is 19.1. The molecule has 0 aliphatic heterocycles. The number of rotatable bonds is 7. The lowest BCUT2D eigenvalue weighted by Gasteiger charge is -2.27. The van der Waals surface area contributed by atoms with Gasteiger partial charge in [0.05, 0.1) is 7.11 Å². The van der Waals surface area contributed by atoms with Gasteiger partial charge in [0.25, 0.3) is 0 Å². The summed E-state index contributed by atoms with van der Waals surface area (Å²) in [6.07, 6.45) is 0. The number of fused-ring (bicyclic) bond motifs is 6. The van der Waals surface area contributed by atoms with Crippen molar-refractivity contribution in [1.82, 2.24) is 0 Å². The normalized spacial score (nSPS) is 11.3. The van der Waals surface area contributed by atoms with Gasteiger partial charge in [0.2, 0.25) is 0 Å². The predicted molar refractivity (Wildman–Crippen MR) is 216 cm³/mol. The molecule has 0 saturated carbocycles. The largest absolute Gasteiger partial charge is 0.497 e. The molecular weight excluding hydrogens is 638 g/mol. The van der Waals surface area contributed by atoms with E-state index in [-0.39, 0.29) is 5.82 Å². The first-order chi connectivity index (χ1) is 25.7. The fourth-order valence-corrected chi connectivity index (χ4v) is 7.64. The molecular formula is C49H34FNO. The first-order valence-electron chi connectivity index (χ1n) is 17.5. The van der Waals surface area contributed by atoms with Crippen molar-refractivity contribution in [1.29, 1.82) is 0 Å². The minimum Gasteiger partial charge on any atom is -0.497 e. The van der Waals surface area contributed by atoms with Crippen LogP contribution in [0.5, 0.6) is 5.75 Å². The zero-order chi connectivity index (χ0) is 35.0. The minimum atomic E-state index is -0.272. The molecule has 0 saturated heterocycles. The van der Waals surface area contributed by atoms with Crippen LogP contribution < -0.4 is 9.64 Å². The van der Waals surface area contributed by atoms with Crippen molar-refractivity contribution in [3.05, 3.63) is 194 Å². The summed E-state index contributed by atoms with van der Waals surface area (Å²) in [6.45, 7) is 0. The maximum Gasteiger partial charge on any atom is 0.123 e. The van der Waals surface area contributed by atoms with Crippen LogP contribution in [0.3, 0.4) is 0 Å². The summed E-state index contributed by atoms with van der Waals surface area (Å²) in [7, 11) is 1.67. The zero-order valence-corrected chi connectivity index (χ0v) is 28.6. The highest BCUT2D eigenvalue weighted by Crippen LogP contribution is 2.50. The van der Waals surface area contributed by atoms with E-state index in [2.05, 4.69) is 144 Å². The average Bonchev–Trinajstić information content (AvgIpc) is 3.22. The number of nitrogens with zero attached hydrogens (tertiary/aromatic N) is 1. The fourth-order valence-electron chi connectivity index (χ4n) is 7.64. The molecule has 3 heteroatoms. The van der Waals surface area contributed by atoms with E-state index in [4.69, 9.17) is 4.74 Å². The Bertz CT molecular complexity index is 2690. The van der Waals surface area contributed by atoms with Gasteiger partial charge in [-0.25, -0.2) is 4.39 Å². The lowest BCUT2D eigenvalue weighted by atomic mass is 9.81. The standard InChI is InChI=1S/C49H34FNO/c1-52-40-28-25-38(26-29-40)51(37-23-21-36(50)22-24-37)39-27-30-43-46(31-39)41-19-11-12-20-42(41)48-45(34-15-7-3-8-16-34)32-44(33-13-5-2-6-14-33)47(49(43)48)35-17-9-4-10-18-35/h2-32H,1H3. The van der Waals surface area contributed by atoms with Gasteiger partial charge in [-0.3, -0.25) is 0 Å². The van der Waals surface area contributed by atoms with E-state index in [1.807, 2.05) is 36.4 Å². The zero-order valence-electron chi connectivity index (χ0n) is 28.6. The third-order valence-electron chi connectivity index (χ3n) is 9.99. The number of anilines is 3. The number of hydrogen-bond donors (Lipinski definition) is 0. The molecule has 0 aromatic heterocycles. The number of methoxy groups -OCH3 is 1. The quantitative estimate of drug-likeness (QED) is 0.156. The molecule has 52 heavy (non-hydrogen) atoms. The fraction of sp³-hybridized carbons (Fsp3) is 0.0204. The van der Waals surface area contributed by atoms with E-state index in [9.17, 15) is 4.39 Å². The van der Waals surface area contributed by atoms with Crippen LogP contribution in [0.1, 0.15) is 0 Å². The lowest BCUT2D eigenvalue weighted by molar-refractivity contribution is 0.415. The van der Waals surface area contributed by atoms with Crippen LogP contribution in [0.2, 0.25) is 0 Å². The van der Waals surface area contributed by atoms with Crippen LogP contribution in [0.4, 0.5) is 21.5 Å². The van der Waals surface area contributed by atoms with E-state index in [0.717, 1.165) is 33.8 Å². The van der Waals surface area contributed by atoms with Gasteiger partial charge >= 0.3 is 0 Å². The van der Waals surface area contributed by atoms with E-state index < -0.39 is 0 Å². The Morgan fingerprint density at radius 3 is 1.52 bits per heavy atom. The number of ether oxygens (including phenoxy) is 1. The lowest BCUT2D eigenvalue weighted by Crippen LogP contribution is -2.10. The van der Waals surface area contributed by atoms with Crippen molar-refractivity contribution in [3.63, 3.8) is 0 Å². The van der Waals surface area contributed by atoms with Crippen LogP contribution in [0.25, 0.3) is 65.7 Å². The van der Waals surface area contributed by atoms with Gasteiger partial charge in [0.1, 0.15) is 11.6 Å². The van der Waals surface area contributed by atoms with Crippen molar-refractivity contribution in [2.45, 2.75) is 0 Å². The summed E-state index contributed by atoms with van der Waals surface area (Å²) in [5.41, 5.74) is 9.87. The van der Waals surface area contributed by atoms with Crippen molar-refractivity contribution >= 4 is 49.4 Å². The molecule has 0 N–H and O–H groups in total. The molecule has 0 bridgehead atoms. The summed E-state index contributed by atoms with van der Waals surface area (Å²) in [5.74, 6) is 0.502. The molecule has 2 nitrogen and oxygen atoms in total. The molecule has 0 amide bonds. The van der Waals surface area contributed by atoms with Crippen LogP contribution >= 0.6 is 0 Å². The van der Waals surface area contributed by atoms with Gasteiger partial charge in [-0.15, -0.1) is 0 Å². The third kappa shape index (κ3) is 5.44. The van der Waals surface area contributed by atoms with Gasteiger partial charge in [0, 0.05) is 17.1 Å². The van der Waals surface area contributed by atoms with Crippen molar-refractivity contribution in [2.24, 2.45) is 0 Å². The van der Waals surface area contributed by atoms with E-state index >= 15 is 0 Å². The molecule has 0 aliphatic rings. The maximum absolute atomic E-state index is 14.2. The number of hydrogen-bond acceptors (Lipinski definition) is 2. The Morgan fingerprint density at radius 1 is 0.404 bits per heavy atom. The molecule has 0 fully saturated rings. The molecule has 9 rings (SSSR count). The Labute approximate surface area is 302 Å². The highest BCUT2D eigenvalue weighted by molar-refractivity contribution is 6.33. The van der Waals surface area contributed by atoms with Gasteiger partial charge < -0.3 is 9.64 Å². The Morgan fingerprint density at radius 2 is 0.904 bits per heavy atom. The van der Waals surface area contributed by atoms with Crippen LogP contribution in [-0.2, 0) is 0 Å². The Balaban J connectivity index is 1.44. The molecule has 0 spiro atoms. The summed E-state index contributed by atoms with van der Waals surface area (Å²) >= 11 is 0. The SMILES string of the molecule is COc1ccc(N(c2ccc(F)cc2)c2ccc3c(c2)c2ccccc2c2c(-c4ccccc4)cc(-c4ccccc4)c(-c4ccccc4)c32)cc1. The molecule has 0 heterocycles. The van der Waals surface area contributed by atoms with Gasteiger partial charge in [0.15, 0.2) is 0 Å². The Hall–Kier alpha value is -6.71. The van der Waals surface area contributed by atoms with Crippen LogP contribution in [0, 0.1) is 5.82 Å². The summed E-state index contributed by atoms with van der Waals surface area (Å²) in [6, 6.07) is 64.8. The molecule has 9 aromatic rings. The summed E-state index contributed by atoms with van der Waals surface area (Å²) < 4.78 is 19.7. The monoisotopic (exact) mass is 671 g/mol. The van der Waals surface area contributed by atoms with Crippen molar-refractivity contribution in [3.8, 4) is 39.1 Å². The van der Waals surface area contributed by atoms with E-state index in [0.29, 0.717) is 0 Å². The van der Waals surface area contributed by atoms with Crippen molar-refractivity contribution in [2.75, 3.05) is 12.0 Å². The first kappa shape index (κ1) is 31.3. The molecule has 0 atom stereocenters. The second-order valence-corrected chi connectivity index (χ2v) is 13.0. The van der Waals surface area contributed by atoms with Gasteiger partial charge in [-0.2, -0.15) is 0 Å².